The third-order valence-electron chi connectivity index (χ3n) is 7.57. The van der Waals surface area contributed by atoms with Crippen LogP contribution < -0.4 is 20.1 Å². The van der Waals surface area contributed by atoms with Crippen LogP contribution in [0.15, 0.2) is 132 Å². The Bertz CT molecular complexity index is 2070. The van der Waals surface area contributed by atoms with Crippen molar-refractivity contribution in [1.29, 1.82) is 0 Å². The van der Waals surface area contributed by atoms with Crippen LogP contribution in [0, 0.1) is 0 Å². The van der Waals surface area contributed by atoms with E-state index in [2.05, 4.69) is 10.6 Å². The molecule has 0 aliphatic heterocycles. The number of benzene rings is 5. The van der Waals surface area contributed by atoms with Gasteiger partial charge in [-0.1, -0.05) is 54.6 Å². The number of methoxy groups -OCH3 is 2. The van der Waals surface area contributed by atoms with Crippen molar-refractivity contribution in [3.63, 3.8) is 0 Å². The minimum Gasteiger partial charge on any atom is -0.497 e. The summed E-state index contributed by atoms with van der Waals surface area (Å²) < 4.78 is 12.6. The first-order chi connectivity index (χ1) is 22.9. The zero-order valence-electron chi connectivity index (χ0n) is 25.7. The van der Waals surface area contributed by atoms with E-state index in [1.165, 1.54) is 18.9 Å². The SMILES string of the molecule is COc1ccc(/C=C(\NC(=O)c2ccccc2)C(=O)Nc2ccc(SCC(=O)n3c4ccccc4c4ccccc43)cc2)c(OC)c1. The number of nitrogens with zero attached hydrogens (tertiary/aromatic N) is 1. The highest BCUT2D eigenvalue weighted by atomic mass is 32.2. The van der Waals surface area contributed by atoms with Crippen LogP contribution in [0.4, 0.5) is 5.69 Å². The smallest absolute Gasteiger partial charge is 0.272 e. The molecule has 8 nitrogen and oxygen atoms in total. The molecule has 0 unspecified atom stereocenters. The van der Waals surface area contributed by atoms with Crippen molar-refractivity contribution in [3.05, 3.63) is 138 Å². The molecule has 6 rings (SSSR count). The molecule has 9 heteroatoms. The maximum Gasteiger partial charge on any atom is 0.272 e. The normalized spacial score (nSPS) is 11.3. The van der Waals surface area contributed by atoms with Gasteiger partial charge in [0, 0.05) is 38.5 Å². The lowest BCUT2D eigenvalue weighted by Crippen LogP contribution is -2.30. The molecule has 2 N–H and O–H groups in total. The molecule has 0 fully saturated rings. The van der Waals surface area contributed by atoms with Gasteiger partial charge in [0.1, 0.15) is 17.2 Å². The van der Waals surface area contributed by atoms with Gasteiger partial charge in [0.2, 0.25) is 5.91 Å². The van der Waals surface area contributed by atoms with E-state index < -0.39 is 11.8 Å². The minimum absolute atomic E-state index is 0.0253. The highest BCUT2D eigenvalue weighted by Crippen LogP contribution is 2.30. The molecule has 5 aromatic carbocycles. The summed E-state index contributed by atoms with van der Waals surface area (Å²) in [7, 11) is 3.07. The average molecular weight is 642 g/mol. The van der Waals surface area contributed by atoms with Gasteiger partial charge in [-0.25, -0.2) is 0 Å². The molecule has 47 heavy (non-hydrogen) atoms. The number of rotatable bonds is 10. The van der Waals surface area contributed by atoms with Crippen molar-refractivity contribution in [1.82, 2.24) is 9.88 Å². The monoisotopic (exact) mass is 641 g/mol. The molecule has 0 saturated carbocycles. The van der Waals surface area contributed by atoms with Crippen molar-refractivity contribution >= 4 is 63.1 Å². The van der Waals surface area contributed by atoms with Gasteiger partial charge < -0.3 is 20.1 Å². The molecule has 1 aromatic heterocycles. The quantitative estimate of drug-likeness (QED) is 0.118. The number of nitrogens with one attached hydrogen (secondary N) is 2. The Kier molecular flexibility index (Phi) is 9.36. The van der Waals surface area contributed by atoms with E-state index >= 15 is 0 Å². The number of amides is 2. The van der Waals surface area contributed by atoms with Gasteiger partial charge in [-0.2, -0.15) is 0 Å². The van der Waals surface area contributed by atoms with E-state index in [1.807, 2.05) is 66.7 Å². The second-order valence-electron chi connectivity index (χ2n) is 10.5. The van der Waals surface area contributed by atoms with E-state index in [0.29, 0.717) is 28.3 Å². The maximum atomic E-state index is 13.5. The van der Waals surface area contributed by atoms with E-state index in [9.17, 15) is 14.4 Å². The molecular weight excluding hydrogens is 611 g/mol. The summed E-state index contributed by atoms with van der Waals surface area (Å²) in [4.78, 5) is 40.9. The van der Waals surface area contributed by atoms with Gasteiger partial charge in [-0.3, -0.25) is 19.0 Å². The number of para-hydroxylation sites is 2. The molecule has 0 atom stereocenters. The number of hydrogen-bond donors (Lipinski definition) is 2. The summed E-state index contributed by atoms with van der Waals surface area (Å²) >= 11 is 1.42. The Morgan fingerprint density at radius 2 is 1.38 bits per heavy atom. The Hall–Kier alpha value is -5.80. The highest BCUT2D eigenvalue weighted by Gasteiger charge is 2.18. The lowest BCUT2D eigenvalue weighted by Gasteiger charge is -2.13. The van der Waals surface area contributed by atoms with Crippen LogP contribution in [0.5, 0.6) is 11.5 Å². The number of hydrogen-bond acceptors (Lipinski definition) is 6. The van der Waals surface area contributed by atoms with Gasteiger partial charge in [0.15, 0.2) is 0 Å². The summed E-state index contributed by atoms with van der Waals surface area (Å²) in [6, 6.07) is 36.9. The Balaban J connectivity index is 1.18. The predicted octanol–water partition coefficient (Wildman–Crippen LogP) is 7.65. The van der Waals surface area contributed by atoms with Crippen LogP contribution in [0.1, 0.15) is 20.7 Å². The van der Waals surface area contributed by atoms with Gasteiger partial charge in [0.25, 0.3) is 11.8 Å². The molecule has 0 aliphatic carbocycles. The van der Waals surface area contributed by atoms with Crippen molar-refractivity contribution < 1.29 is 23.9 Å². The zero-order chi connectivity index (χ0) is 32.8. The second kappa shape index (κ2) is 14.1. The number of thioether (sulfide) groups is 1. The van der Waals surface area contributed by atoms with E-state index in [1.54, 1.807) is 72.4 Å². The molecule has 234 valence electrons. The third kappa shape index (κ3) is 6.90. The standard InChI is InChI=1S/C38H31N3O5S/c1-45-28-19-16-26(35(23-28)46-2)22-32(40-37(43)25-10-4-3-5-11-25)38(44)39-27-17-20-29(21-18-27)47-24-36(42)41-33-14-8-6-12-30(33)31-13-7-9-15-34(31)41/h3-23H,24H2,1-2H3,(H,39,44)(H,40,43)/b32-22-. The maximum absolute atomic E-state index is 13.5. The first-order valence-electron chi connectivity index (χ1n) is 14.8. The van der Waals surface area contributed by atoms with Gasteiger partial charge in [0.05, 0.1) is 31.0 Å². The molecule has 2 amide bonds. The highest BCUT2D eigenvalue weighted by molar-refractivity contribution is 8.00. The molecule has 1 heterocycles. The first kappa shape index (κ1) is 31.2. The van der Waals surface area contributed by atoms with E-state index in [0.717, 1.165) is 26.7 Å². The summed E-state index contributed by atoms with van der Waals surface area (Å²) in [6.07, 6.45) is 1.55. The second-order valence-corrected chi connectivity index (χ2v) is 11.6. The lowest BCUT2D eigenvalue weighted by atomic mass is 10.1. The largest absolute Gasteiger partial charge is 0.497 e. The van der Waals surface area contributed by atoms with Crippen molar-refractivity contribution in [2.75, 3.05) is 25.3 Å². The number of anilines is 1. The molecular formula is C38H31N3O5S. The van der Waals surface area contributed by atoms with Crippen LogP contribution in [-0.2, 0) is 4.79 Å². The lowest BCUT2D eigenvalue weighted by molar-refractivity contribution is -0.113. The summed E-state index contributed by atoms with van der Waals surface area (Å²) in [5.41, 5.74) is 3.30. The number of ether oxygens (including phenoxy) is 2. The molecule has 0 aliphatic rings. The third-order valence-corrected chi connectivity index (χ3v) is 8.57. The molecule has 0 spiro atoms. The molecule has 6 aromatic rings. The van der Waals surface area contributed by atoms with Crippen LogP contribution in [0.25, 0.3) is 27.9 Å². The molecule has 0 bridgehead atoms. The van der Waals surface area contributed by atoms with Crippen LogP contribution in [0.3, 0.4) is 0 Å². The van der Waals surface area contributed by atoms with Crippen LogP contribution in [-0.4, -0.2) is 42.3 Å². The van der Waals surface area contributed by atoms with Gasteiger partial charge in [-0.15, -0.1) is 11.8 Å². The topological polar surface area (TPSA) is 98.7 Å². The average Bonchev–Trinajstić information content (AvgIpc) is 3.46. The number of aromatic nitrogens is 1. The fourth-order valence-electron chi connectivity index (χ4n) is 5.27. The van der Waals surface area contributed by atoms with Gasteiger partial charge >= 0.3 is 0 Å². The Labute approximate surface area is 276 Å². The Morgan fingerprint density at radius 3 is 2.02 bits per heavy atom. The van der Waals surface area contributed by atoms with Crippen molar-refractivity contribution in [2.24, 2.45) is 0 Å². The summed E-state index contributed by atoms with van der Waals surface area (Å²) in [5, 5.41) is 7.69. The van der Waals surface area contributed by atoms with Gasteiger partial charge in [-0.05, 0) is 66.7 Å². The molecule has 0 radical (unpaired) electrons. The van der Waals surface area contributed by atoms with E-state index in [4.69, 9.17) is 9.47 Å². The van der Waals surface area contributed by atoms with Crippen molar-refractivity contribution in [3.8, 4) is 11.5 Å². The fourth-order valence-corrected chi connectivity index (χ4v) is 6.02. The first-order valence-corrected chi connectivity index (χ1v) is 15.8. The van der Waals surface area contributed by atoms with Crippen LogP contribution in [0.2, 0.25) is 0 Å². The predicted molar refractivity (Wildman–Crippen MR) is 187 cm³/mol. The Morgan fingerprint density at radius 1 is 0.745 bits per heavy atom. The summed E-state index contributed by atoms with van der Waals surface area (Å²) in [6.45, 7) is 0. The van der Waals surface area contributed by atoms with E-state index in [-0.39, 0.29) is 17.4 Å². The van der Waals surface area contributed by atoms with Crippen molar-refractivity contribution in [2.45, 2.75) is 4.90 Å². The number of fused-ring (bicyclic) bond motifs is 3. The zero-order valence-corrected chi connectivity index (χ0v) is 26.5. The number of carbonyl (C=O) groups is 3. The minimum atomic E-state index is -0.519. The fraction of sp³-hybridized carbons (Fsp3) is 0.0789. The number of carbonyl (C=O) groups excluding carboxylic acids is 3. The van der Waals surface area contributed by atoms with Crippen LogP contribution >= 0.6 is 11.8 Å². The molecule has 0 saturated heterocycles. The summed E-state index contributed by atoms with van der Waals surface area (Å²) in [5.74, 6) is 0.320.